The fourth-order valence-corrected chi connectivity index (χ4v) is 2.03. The highest BCUT2D eigenvalue weighted by molar-refractivity contribution is 5.26. The Bertz CT molecular complexity index is 353. The van der Waals surface area contributed by atoms with Gasteiger partial charge in [0.05, 0.1) is 6.10 Å². The van der Waals surface area contributed by atoms with Crippen LogP contribution in [0.3, 0.4) is 0 Å². The summed E-state index contributed by atoms with van der Waals surface area (Å²) in [5.74, 6) is 0.158. The highest BCUT2D eigenvalue weighted by atomic mass is 19.1. The van der Waals surface area contributed by atoms with E-state index in [1.165, 1.54) is 0 Å². The minimum Gasteiger partial charge on any atom is -0.373 e. The summed E-state index contributed by atoms with van der Waals surface area (Å²) in [4.78, 5) is 0. The Morgan fingerprint density at radius 3 is 3.00 bits per heavy atom. The maximum absolute atomic E-state index is 13.4. The number of benzene rings is 1. The minimum absolute atomic E-state index is 0.0231. The highest BCUT2D eigenvalue weighted by Gasteiger charge is 2.28. The molecule has 1 saturated heterocycles. The van der Waals surface area contributed by atoms with E-state index in [1.54, 1.807) is 19.1 Å². The third-order valence-corrected chi connectivity index (χ3v) is 3.04. The fraction of sp³-hybridized carbons (Fsp3) is 0.500. The van der Waals surface area contributed by atoms with Gasteiger partial charge in [0.1, 0.15) is 5.82 Å². The van der Waals surface area contributed by atoms with Crippen LogP contribution in [0.5, 0.6) is 0 Å². The number of hydrogen-bond acceptors (Lipinski definition) is 2. The van der Waals surface area contributed by atoms with Gasteiger partial charge in [0.2, 0.25) is 0 Å². The molecule has 1 aliphatic rings. The third kappa shape index (κ3) is 2.03. The van der Waals surface area contributed by atoms with Crippen LogP contribution in [0.25, 0.3) is 0 Å². The number of hydrogen-bond donors (Lipinski definition) is 1. The van der Waals surface area contributed by atoms with Crippen molar-refractivity contribution in [2.45, 2.75) is 19.4 Å². The van der Waals surface area contributed by atoms with E-state index in [-0.39, 0.29) is 11.9 Å². The van der Waals surface area contributed by atoms with Gasteiger partial charge in [-0.2, -0.15) is 0 Å². The molecule has 2 unspecified atom stereocenters. The molecule has 2 rings (SSSR count). The van der Waals surface area contributed by atoms with Crippen LogP contribution in [0.1, 0.15) is 23.7 Å². The quantitative estimate of drug-likeness (QED) is 0.810. The molecule has 0 amide bonds. The average molecular weight is 209 g/mol. The topological polar surface area (TPSA) is 35.2 Å². The van der Waals surface area contributed by atoms with E-state index in [1.807, 2.05) is 6.07 Å². The molecule has 0 saturated carbocycles. The second-order valence-electron chi connectivity index (χ2n) is 4.08. The largest absolute Gasteiger partial charge is 0.373 e. The van der Waals surface area contributed by atoms with E-state index in [0.29, 0.717) is 18.0 Å². The SMILES string of the molecule is Cc1ccc(C2OCCC2CN)cc1F. The Morgan fingerprint density at radius 2 is 2.33 bits per heavy atom. The molecule has 1 aromatic carbocycles. The summed E-state index contributed by atoms with van der Waals surface area (Å²) >= 11 is 0. The number of nitrogens with two attached hydrogens (primary N) is 1. The van der Waals surface area contributed by atoms with Crippen molar-refractivity contribution in [2.75, 3.05) is 13.2 Å². The molecule has 0 bridgehead atoms. The van der Waals surface area contributed by atoms with E-state index in [9.17, 15) is 4.39 Å². The van der Waals surface area contributed by atoms with Crippen molar-refractivity contribution in [3.63, 3.8) is 0 Å². The van der Waals surface area contributed by atoms with Gasteiger partial charge in [-0.05, 0) is 37.1 Å². The first-order chi connectivity index (χ1) is 7.22. The van der Waals surface area contributed by atoms with Crippen LogP contribution < -0.4 is 5.73 Å². The Hall–Kier alpha value is -0.930. The molecular weight excluding hydrogens is 193 g/mol. The second kappa shape index (κ2) is 4.29. The van der Waals surface area contributed by atoms with E-state index in [4.69, 9.17) is 10.5 Å². The molecule has 0 spiro atoms. The monoisotopic (exact) mass is 209 g/mol. The summed E-state index contributed by atoms with van der Waals surface area (Å²) in [6.07, 6.45) is 0.946. The van der Waals surface area contributed by atoms with E-state index < -0.39 is 0 Å². The van der Waals surface area contributed by atoms with Crippen molar-refractivity contribution in [1.29, 1.82) is 0 Å². The van der Waals surface area contributed by atoms with Crippen LogP contribution >= 0.6 is 0 Å². The smallest absolute Gasteiger partial charge is 0.126 e. The van der Waals surface area contributed by atoms with Gasteiger partial charge in [-0.3, -0.25) is 0 Å². The van der Waals surface area contributed by atoms with Gasteiger partial charge < -0.3 is 10.5 Å². The normalized spacial score (nSPS) is 25.8. The van der Waals surface area contributed by atoms with Crippen molar-refractivity contribution < 1.29 is 9.13 Å². The Kier molecular flexibility index (Phi) is 3.03. The highest BCUT2D eigenvalue weighted by Crippen LogP contribution is 2.34. The lowest BCUT2D eigenvalue weighted by Crippen LogP contribution is -2.17. The molecule has 2 atom stereocenters. The molecule has 15 heavy (non-hydrogen) atoms. The van der Waals surface area contributed by atoms with Crippen molar-refractivity contribution in [3.8, 4) is 0 Å². The van der Waals surface area contributed by atoms with Crippen molar-refractivity contribution in [1.82, 2.24) is 0 Å². The number of aryl methyl sites for hydroxylation is 1. The van der Waals surface area contributed by atoms with Crippen LogP contribution in [0.2, 0.25) is 0 Å². The molecule has 0 radical (unpaired) electrons. The first-order valence-corrected chi connectivity index (χ1v) is 5.30. The zero-order chi connectivity index (χ0) is 10.8. The van der Waals surface area contributed by atoms with Crippen LogP contribution in [-0.4, -0.2) is 13.2 Å². The van der Waals surface area contributed by atoms with Crippen LogP contribution in [0.4, 0.5) is 4.39 Å². The zero-order valence-electron chi connectivity index (χ0n) is 8.87. The molecule has 0 aliphatic carbocycles. The maximum Gasteiger partial charge on any atom is 0.126 e. The van der Waals surface area contributed by atoms with Gasteiger partial charge in [0, 0.05) is 12.5 Å². The standard InChI is InChI=1S/C12H16FNO/c1-8-2-3-9(6-11(8)13)12-10(7-14)4-5-15-12/h2-3,6,10,12H,4-5,7,14H2,1H3. The molecule has 2 N–H and O–H groups in total. The number of halogens is 1. The summed E-state index contributed by atoms with van der Waals surface area (Å²) in [6, 6.07) is 5.28. The zero-order valence-corrected chi connectivity index (χ0v) is 8.87. The lowest BCUT2D eigenvalue weighted by atomic mass is 9.95. The Morgan fingerprint density at radius 1 is 1.53 bits per heavy atom. The van der Waals surface area contributed by atoms with Gasteiger partial charge >= 0.3 is 0 Å². The molecule has 2 nitrogen and oxygen atoms in total. The number of rotatable bonds is 2. The number of ether oxygens (including phenoxy) is 1. The molecule has 82 valence electrons. The van der Waals surface area contributed by atoms with E-state index >= 15 is 0 Å². The Balaban J connectivity index is 2.25. The summed E-state index contributed by atoms with van der Waals surface area (Å²) < 4.78 is 19.0. The Labute approximate surface area is 89.2 Å². The maximum atomic E-state index is 13.4. The molecule has 0 aromatic heterocycles. The molecule has 1 aromatic rings. The average Bonchev–Trinajstić information content (AvgIpc) is 2.70. The van der Waals surface area contributed by atoms with Gasteiger partial charge in [-0.25, -0.2) is 4.39 Å². The second-order valence-corrected chi connectivity index (χ2v) is 4.08. The van der Waals surface area contributed by atoms with Crippen molar-refractivity contribution in [3.05, 3.63) is 35.1 Å². The first-order valence-electron chi connectivity index (χ1n) is 5.30. The summed E-state index contributed by atoms with van der Waals surface area (Å²) in [5.41, 5.74) is 7.23. The van der Waals surface area contributed by atoms with Crippen LogP contribution in [0.15, 0.2) is 18.2 Å². The summed E-state index contributed by atoms with van der Waals surface area (Å²) in [5, 5.41) is 0. The van der Waals surface area contributed by atoms with Gasteiger partial charge in [0.25, 0.3) is 0 Å². The van der Waals surface area contributed by atoms with E-state index in [0.717, 1.165) is 18.6 Å². The van der Waals surface area contributed by atoms with Gasteiger partial charge in [0.15, 0.2) is 0 Å². The summed E-state index contributed by atoms with van der Waals surface area (Å²) in [7, 11) is 0. The fourth-order valence-electron chi connectivity index (χ4n) is 2.03. The molecule has 1 heterocycles. The molecule has 1 fully saturated rings. The molecular formula is C12H16FNO. The minimum atomic E-state index is -0.168. The van der Waals surface area contributed by atoms with Crippen LogP contribution in [0, 0.1) is 18.7 Å². The third-order valence-electron chi connectivity index (χ3n) is 3.04. The first kappa shape index (κ1) is 10.6. The predicted octanol–water partition coefficient (Wildman–Crippen LogP) is 2.17. The van der Waals surface area contributed by atoms with Crippen LogP contribution in [-0.2, 0) is 4.74 Å². The molecule has 3 heteroatoms. The lowest BCUT2D eigenvalue weighted by molar-refractivity contribution is 0.0922. The summed E-state index contributed by atoms with van der Waals surface area (Å²) in [6.45, 7) is 3.08. The lowest BCUT2D eigenvalue weighted by Gasteiger charge is -2.17. The molecule has 1 aliphatic heterocycles. The van der Waals surface area contributed by atoms with Gasteiger partial charge in [-0.15, -0.1) is 0 Å². The van der Waals surface area contributed by atoms with Gasteiger partial charge in [-0.1, -0.05) is 12.1 Å². The predicted molar refractivity (Wildman–Crippen MR) is 57.0 cm³/mol. The van der Waals surface area contributed by atoms with Crippen molar-refractivity contribution >= 4 is 0 Å². The van der Waals surface area contributed by atoms with E-state index in [2.05, 4.69) is 0 Å². The van der Waals surface area contributed by atoms with Crippen molar-refractivity contribution in [2.24, 2.45) is 11.7 Å².